The average molecular weight is 237 g/mol. The molecule has 0 aromatic heterocycles. The van der Waals surface area contributed by atoms with Crippen LogP contribution < -0.4 is 5.73 Å². The molecule has 0 aliphatic heterocycles. The summed E-state index contributed by atoms with van der Waals surface area (Å²) in [4.78, 5) is 0. The van der Waals surface area contributed by atoms with Crippen LogP contribution >= 0.6 is 0 Å². The molecular weight excluding hydrogens is 206 g/mol. The van der Waals surface area contributed by atoms with E-state index in [9.17, 15) is 0 Å². The predicted molar refractivity (Wildman–Crippen MR) is 74.9 cm³/mol. The summed E-state index contributed by atoms with van der Waals surface area (Å²) in [6.45, 7) is 7.17. The van der Waals surface area contributed by atoms with Crippen molar-refractivity contribution in [1.29, 1.82) is 0 Å². The van der Waals surface area contributed by atoms with Crippen molar-refractivity contribution in [2.75, 3.05) is 0 Å². The van der Waals surface area contributed by atoms with Gasteiger partial charge in [0, 0.05) is 5.54 Å². The first-order valence-corrected chi connectivity index (χ1v) is 7.74. The molecule has 0 amide bonds. The number of nitrogens with two attached hydrogens (primary N) is 1. The molecule has 1 nitrogen and oxygen atoms in total. The fraction of sp³-hybridized carbons (Fsp3) is 1.00. The monoisotopic (exact) mass is 237 g/mol. The van der Waals surface area contributed by atoms with Crippen LogP contribution in [0.2, 0.25) is 0 Å². The SMILES string of the molecule is CCC1CCCC(C2(N)CCCC(C)(C)C2)C1. The van der Waals surface area contributed by atoms with Gasteiger partial charge in [-0.25, -0.2) is 0 Å². The topological polar surface area (TPSA) is 26.0 Å². The van der Waals surface area contributed by atoms with Crippen LogP contribution in [0.4, 0.5) is 0 Å². The standard InChI is InChI=1S/C16H31N/c1-4-13-7-5-8-14(11-13)16(17)10-6-9-15(2,3)12-16/h13-14H,4-12,17H2,1-3H3. The molecule has 0 spiro atoms. The Morgan fingerprint density at radius 2 is 1.88 bits per heavy atom. The van der Waals surface area contributed by atoms with Crippen molar-refractivity contribution in [2.24, 2.45) is 23.0 Å². The molecule has 1 heteroatoms. The smallest absolute Gasteiger partial charge is 0.0188 e. The van der Waals surface area contributed by atoms with E-state index in [-0.39, 0.29) is 5.54 Å². The van der Waals surface area contributed by atoms with Gasteiger partial charge in [-0.3, -0.25) is 0 Å². The zero-order chi connectivity index (χ0) is 12.5. The minimum Gasteiger partial charge on any atom is -0.325 e. The quantitative estimate of drug-likeness (QED) is 0.752. The summed E-state index contributed by atoms with van der Waals surface area (Å²) >= 11 is 0. The maximum absolute atomic E-state index is 6.83. The predicted octanol–water partition coefficient (Wildman–Crippen LogP) is 4.50. The Morgan fingerprint density at radius 1 is 1.12 bits per heavy atom. The zero-order valence-electron chi connectivity index (χ0n) is 12.1. The Hall–Kier alpha value is -0.0400. The summed E-state index contributed by atoms with van der Waals surface area (Å²) in [5, 5.41) is 0. The molecule has 0 aromatic carbocycles. The summed E-state index contributed by atoms with van der Waals surface area (Å²) in [7, 11) is 0. The highest BCUT2D eigenvalue weighted by Gasteiger charge is 2.43. The van der Waals surface area contributed by atoms with Crippen molar-refractivity contribution in [3.05, 3.63) is 0 Å². The van der Waals surface area contributed by atoms with Crippen LogP contribution in [0.1, 0.15) is 78.6 Å². The van der Waals surface area contributed by atoms with Gasteiger partial charge in [-0.15, -0.1) is 0 Å². The van der Waals surface area contributed by atoms with Crippen LogP contribution in [-0.2, 0) is 0 Å². The summed E-state index contributed by atoms with van der Waals surface area (Å²) < 4.78 is 0. The third-order valence-electron chi connectivity index (χ3n) is 5.48. The van der Waals surface area contributed by atoms with Gasteiger partial charge in [0.2, 0.25) is 0 Å². The second-order valence-corrected chi connectivity index (χ2v) is 7.57. The molecule has 0 bridgehead atoms. The third kappa shape index (κ3) is 3.05. The summed E-state index contributed by atoms with van der Waals surface area (Å²) in [5.74, 6) is 1.76. The van der Waals surface area contributed by atoms with Crippen LogP contribution in [0.15, 0.2) is 0 Å². The van der Waals surface area contributed by atoms with E-state index < -0.39 is 0 Å². The molecule has 2 fully saturated rings. The normalized spacial score (nSPS) is 42.4. The van der Waals surface area contributed by atoms with Gasteiger partial charge in [-0.1, -0.05) is 46.5 Å². The van der Waals surface area contributed by atoms with Crippen LogP contribution in [0, 0.1) is 17.3 Å². The van der Waals surface area contributed by atoms with E-state index in [0.29, 0.717) is 5.41 Å². The molecule has 2 N–H and O–H groups in total. The van der Waals surface area contributed by atoms with Crippen molar-refractivity contribution >= 4 is 0 Å². The number of hydrogen-bond acceptors (Lipinski definition) is 1. The van der Waals surface area contributed by atoms with Crippen molar-refractivity contribution in [3.63, 3.8) is 0 Å². The molecule has 2 rings (SSSR count). The van der Waals surface area contributed by atoms with Crippen molar-refractivity contribution in [2.45, 2.75) is 84.1 Å². The van der Waals surface area contributed by atoms with Gasteiger partial charge in [0.15, 0.2) is 0 Å². The van der Waals surface area contributed by atoms with E-state index in [1.807, 2.05) is 0 Å². The Balaban J connectivity index is 2.04. The molecule has 100 valence electrons. The van der Waals surface area contributed by atoms with E-state index >= 15 is 0 Å². The Bertz CT molecular complexity index is 258. The van der Waals surface area contributed by atoms with E-state index in [2.05, 4.69) is 20.8 Å². The highest BCUT2D eigenvalue weighted by atomic mass is 14.8. The molecule has 3 unspecified atom stereocenters. The first-order chi connectivity index (χ1) is 7.95. The van der Waals surface area contributed by atoms with Gasteiger partial charge in [0.05, 0.1) is 0 Å². The lowest BCUT2D eigenvalue weighted by Crippen LogP contribution is -2.53. The van der Waals surface area contributed by atoms with E-state index in [1.165, 1.54) is 57.8 Å². The lowest BCUT2D eigenvalue weighted by atomic mass is 9.60. The van der Waals surface area contributed by atoms with Crippen molar-refractivity contribution < 1.29 is 0 Å². The molecular formula is C16H31N. The lowest BCUT2D eigenvalue weighted by molar-refractivity contribution is 0.0674. The summed E-state index contributed by atoms with van der Waals surface area (Å²) in [6, 6.07) is 0. The highest BCUT2D eigenvalue weighted by Crippen LogP contribution is 2.47. The Morgan fingerprint density at radius 3 is 2.53 bits per heavy atom. The van der Waals surface area contributed by atoms with E-state index in [4.69, 9.17) is 5.73 Å². The fourth-order valence-corrected chi connectivity index (χ4v) is 4.50. The number of hydrogen-bond donors (Lipinski definition) is 1. The van der Waals surface area contributed by atoms with Crippen molar-refractivity contribution in [3.8, 4) is 0 Å². The second-order valence-electron chi connectivity index (χ2n) is 7.57. The molecule has 0 radical (unpaired) electrons. The zero-order valence-corrected chi connectivity index (χ0v) is 12.1. The largest absolute Gasteiger partial charge is 0.325 e. The molecule has 0 heterocycles. The second kappa shape index (κ2) is 4.91. The maximum atomic E-state index is 6.83. The van der Waals surface area contributed by atoms with Gasteiger partial charge in [0.1, 0.15) is 0 Å². The van der Waals surface area contributed by atoms with Crippen LogP contribution in [0.25, 0.3) is 0 Å². The van der Waals surface area contributed by atoms with Gasteiger partial charge in [-0.05, 0) is 49.4 Å². The fourth-order valence-electron chi connectivity index (χ4n) is 4.50. The van der Waals surface area contributed by atoms with E-state index in [1.54, 1.807) is 0 Å². The molecule has 3 atom stereocenters. The first kappa shape index (κ1) is 13.4. The minimum atomic E-state index is 0.162. The molecule has 0 saturated heterocycles. The Labute approximate surface area is 108 Å². The molecule has 0 aromatic rings. The van der Waals surface area contributed by atoms with Crippen LogP contribution in [0.3, 0.4) is 0 Å². The van der Waals surface area contributed by atoms with Gasteiger partial charge in [-0.2, -0.15) is 0 Å². The summed E-state index contributed by atoms with van der Waals surface area (Å²) in [6.07, 6.45) is 12.3. The highest BCUT2D eigenvalue weighted by molar-refractivity contribution is 5.00. The van der Waals surface area contributed by atoms with Gasteiger partial charge in [0.25, 0.3) is 0 Å². The van der Waals surface area contributed by atoms with Gasteiger partial charge >= 0.3 is 0 Å². The Kier molecular flexibility index (Phi) is 3.87. The summed E-state index contributed by atoms with van der Waals surface area (Å²) in [5.41, 5.74) is 7.47. The molecule has 2 aliphatic carbocycles. The maximum Gasteiger partial charge on any atom is 0.0188 e. The molecule has 17 heavy (non-hydrogen) atoms. The average Bonchev–Trinajstić information content (AvgIpc) is 2.27. The van der Waals surface area contributed by atoms with Crippen molar-refractivity contribution in [1.82, 2.24) is 0 Å². The van der Waals surface area contributed by atoms with Gasteiger partial charge < -0.3 is 5.73 Å². The first-order valence-electron chi connectivity index (χ1n) is 7.74. The lowest BCUT2D eigenvalue weighted by Gasteiger charge is -2.49. The molecule has 2 saturated carbocycles. The number of rotatable bonds is 2. The third-order valence-corrected chi connectivity index (χ3v) is 5.48. The minimum absolute atomic E-state index is 0.162. The van der Waals surface area contributed by atoms with Crippen LogP contribution in [-0.4, -0.2) is 5.54 Å². The molecule has 2 aliphatic rings. The van der Waals surface area contributed by atoms with Crippen LogP contribution in [0.5, 0.6) is 0 Å². The van der Waals surface area contributed by atoms with E-state index in [0.717, 1.165) is 11.8 Å².